The Kier molecular flexibility index (Phi) is 5.56. The van der Waals surface area contributed by atoms with Crippen LogP contribution in [0.5, 0.6) is 0 Å². The van der Waals surface area contributed by atoms with E-state index in [1.54, 1.807) is 30.1 Å². The molecule has 0 aliphatic carbocycles. The highest BCUT2D eigenvalue weighted by Crippen LogP contribution is 2.34. The second-order valence-electron chi connectivity index (χ2n) is 6.85. The second kappa shape index (κ2) is 7.86. The molecule has 0 saturated carbocycles. The summed E-state index contributed by atoms with van der Waals surface area (Å²) in [7, 11) is 1.70. The zero-order valence-electron chi connectivity index (χ0n) is 15.1. The van der Waals surface area contributed by atoms with E-state index in [0.717, 1.165) is 24.1 Å². The van der Waals surface area contributed by atoms with Crippen LogP contribution < -0.4 is 5.32 Å². The number of ether oxygens (including phenoxy) is 1. The first-order chi connectivity index (χ1) is 12.5. The first-order valence-electron chi connectivity index (χ1n) is 8.73. The van der Waals surface area contributed by atoms with E-state index in [9.17, 15) is 9.18 Å². The van der Waals surface area contributed by atoms with E-state index in [4.69, 9.17) is 9.26 Å². The Morgan fingerprint density at radius 1 is 1.35 bits per heavy atom. The van der Waals surface area contributed by atoms with Crippen molar-refractivity contribution in [3.63, 3.8) is 0 Å². The molecule has 140 valence electrons. The van der Waals surface area contributed by atoms with Gasteiger partial charge in [0, 0.05) is 38.3 Å². The van der Waals surface area contributed by atoms with Gasteiger partial charge in [0.15, 0.2) is 5.76 Å². The van der Waals surface area contributed by atoms with Crippen LogP contribution in [0.1, 0.15) is 29.9 Å². The quantitative estimate of drug-likeness (QED) is 0.889. The van der Waals surface area contributed by atoms with E-state index in [-0.39, 0.29) is 17.3 Å². The van der Waals surface area contributed by atoms with Gasteiger partial charge in [-0.1, -0.05) is 17.3 Å². The predicted octanol–water partition coefficient (Wildman–Crippen LogP) is 3.01. The lowest BCUT2D eigenvalue weighted by Gasteiger charge is -2.38. The van der Waals surface area contributed by atoms with Gasteiger partial charge in [-0.05, 0) is 37.5 Å². The third kappa shape index (κ3) is 4.22. The van der Waals surface area contributed by atoms with Gasteiger partial charge >= 0.3 is 6.03 Å². The molecule has 7 heteroatoms. The molecule has 26 heavy (non-hydrogen) atoms. The topological polar surface area (TPSA) is 67.6 Å². The Bertz CT molecular complexity index is 756. The molecular weight excluding hydrogens is 337 g/mol. The number of rotatable bonds is 5. The molecule has 6 nitrogen and oxygen atoms in total. The zero-order valence-corrected chi connectivity index (χ0v) is 15.1. The van der Waals surface area contributed by atoms with E-state index in [1.807, 2.05) is 13.0 Å². The number of halogens is 1. The standard InChI is InChI=1S/C19H24FN3O3/c1-14-10-17(26-22-14)12-23(2)18(24)21-13-19(6-8-25-9-7-19)15-4-3-5-16(20)11-15/h3-5,10-11H,6-9,12-13H2,1-2H3,(H,21,24). The lowest BCUT2D eigenvalue weighted by molar-refractivity contribution is 0.0501. The minimum absolute atomic E-state index is 0.207. The van der Waals surface area contributed by atoms with Crippen LogP contribution in [-0.2, 0) is 16.7 Å². The van der Waals surface area contributed by atoms with Crippen molar-refractivity contribution in [1.29, 1.82) is 0 Å². The van der Waals surface area contributed by atoms with Crippen LogP contribution >= 0.6 is 0 Å². The summed E-state index contributed by atoms with van der Waals surface area (Å²) >= 11 is 0. The summed E-state index contributed by atoms with van der Waals surface area (Å²) in [5, 5.41) is 6.81. The Labute approximate surface area is 152 Å². The average molecular weight is 361 g/mol. The van der Waals surface area contributed by atoms with Gasteiger partial charge < -0.3 is 19.5 Å². The monoisotopic (exact) mass is 361 g/mol. The van der Waals surface area contributed by atoms with Crippen molar-refractivity contribution in [3.8, 4) is 0 Å². The number of hydrogen-bond donors (Lipinski definition) is 1. The van der Waals surface area contributed by atoms with Gasteiger partial charge in [0.2, 0.25) is 0 Å². The molecule has 0 atom stereocenters. The van der Waals surface area contributed by atoms with Gasteiger partial charge in [-0.3, -0.25) is 0 Å². The average Bonchev–Trinajstić information content (AvgIpc) is 3.05. The summed E-state index contributed by atoms with van der Waals surface area (Å²) in [6, 6.07) is 8.21. The summed E-state index contributed by atoms with van der Waals surface area (Å²) in [5.41, 5.74) is 1.36. The highest BCUT2D eigenvalue weighted by Gasteiger charge is 2.35. The van der Waals surface area contributed by atoms with Crippen molar-refractivity contribution in [2.75, 3.05) is 26.8 Å². The first-order valence-corrected chi connectivity index (χ1v) is 8.73. The summed E-state index contributed by atoms with van der Waals surface area (Å²) in [5.74, 6) is 0.364. The third-order valence-corrected chi connectivity index (χ3v) is 4.88. The minimum Gasteiger partial charge on any atom is -0.381 e. The number of amides is 2. The van der Waals surface area contributed by atoms with E-state index in [1.165, 1.54) is 6.07 Å². The zero-order chi connectivity index (χ0) is 18.6. The Hall–Kier alpha value is -2.41. The Morgan fingerprint density at radius 3 is 2.77 bits per heavy atom. The van der Waals surface area contributed by atoms with Crippen molar-refractivity contribution in [1.82, 2.24) is 15.4 Å². The summed E-state index contributed by atoms with van der Waals surface area (Å²) in [6.07, 6.45) is 1.48. The fourth-order valence-electron chi connectivity index (χ4n) is 3.32. The summed E-state index contributed by atoms with van der Waals surface area (Å²) < 4.78 is 24.3. The second-order valence-corrected chi connectivity index (χ2v) is 6.85. The number of aromatic nitrogens is 1. The first kappa shape index (κ1) is 18.4. The van der Waals surface area contributed by atoms with Crippen LogP contribution in [-0.4, -0.2) is 42.9 Å². The van der Waals surface area contributed by atoms with Crippen LogP contribution in [0.15, 0.2) is 34.9 Å². The molecule has 0 spiro atoms. The number of benzene rings is 1. The summed E-state index contributed by atoms with van der Waals surface area (Å²) in [4.78, 5) is 14.0. The molecule has 1 aromatic carbocycles. The molecule has 1 aromatic heterocycles. The molecule has 0 bridgehead atoms. The predicted molar refractivity (Wildman–Crippen MR) is 94.2 cm³/mol. The van der Waals surface area contributed by atoms with Crippen LogP contribution in [0.2, 0.25) is 0 Å². The van der Waals surface area contributed by atoms with E-state index in [2.05, 4.69) is 10.5 Å². The van der Waals surface area contributed by atoms with Crippen molar-refractivity contribution in [2.45, 2.75) is 31.7 Å². The molecule has 0 radical (unpaired) electrons. The normalized spacial score (nSPS) is 16.3. The lowest BCUT2D eigenvalue weighted by atomic mass is 9.74. The number of carbonyl (C=O) groups is 1. The van der Waals surface area contributed by atoms with Crippen molar-refractivity contribution >= 4 is 6.03 Å². The fourth-order valence-corrected chi connectivity index (χ4v) is 3.32. The maximum atomic E-state index is 13.7. The maximum absolute atomic E-state index is 13.7. The fraction of sp³-hybridized carbons (Fsp3) is 0.474. The van der Waals surface area contributed by atoms with Crippen LogP contribution in [0.4, 0.5) is 9.18 Å². The third-order valence-electron chi connectivity index (χ3n) is 4.88. The van der Waals surface area contributed by atoms with Crippen molar-refractivity contribution in [3.05, 3.63) is 53.2 Å². The molecule has 3 rings (SSSR count). The van der Waals surface area contributed by atoms with Crippen LogP contribution in [0.25, 0.3) is 0 Å². The Balaban J connectivity index is 1.66. The number of nitrogens with zero attached hydrogens (tertiary/aromatic N) is 2. The minimum atomic E-state index is -0.320. The highest BCUT2D eigenvalue weighted by molar-refractivity contribution is 5.74. The van der Waals surface area contributed by atoms with Gasteiger partial charge in [0.1, 0.15) is 5.82 Å². The largest absolute Gasteiger partial charge is 0.381 e. The van der Waals surface area contributed by atoms with Gasteiger partial charge in [-0.25, -0.2) is 9.18 Å². The summed E-state index contributed by atoms with van der Waals surface area (Å²) in [6.45, 7) is 3.79. The molecule has 1 fully saturated rings. The van der Waals surface area contributed by atoms with Gasteiger partial charge in [0.05, 0.1) is 12.2 Å². The molecule has 0 unspecified atom stereocenters. The van der Waals surface area contributed by atoms with E-state index in [0.29, 0.717) is 32.1 Å². The molecule has 2 heterocycles. The SMILES string of the molecule is Cc1cc(CN(C)C(=O)NCC2(c3cccc(F)c3)CCOCC2)on1. The van der Waals surface area contributed by atoms with Gasteiger partial charge in [-0.15, -0.1) is 0 Å². The van der Waals surface area contributed by atoms with Gasteiger partial charge in [-0.2, -0.15) is 0 Å². The number of urea groups is 1. The number of aryl methyl sites for hydroxylation is 1. The smallest absolute Gasteiger partial charge is 0.317 e. The number of nitrogens with one attached hydrogen (secondary N) is 1. The molecule has 2 amide bonds. The van der Waals surface area contributed by atoms with Crippen LogP contribution in [0.3, 0.4) is 0 Å². The molecule has 1 saturated heterocycles. The number of carbonyl (C=O) groups excluding carboxylic acids is 1. The van der Waals surface area contributed by atoms with Crippen LogP contribution in [0, 0.1) is 12.7 Å². The molecule has 1 N–H and O–H groups in total. The molecule has 1 aliphatic heterocycles. The lowest BCUT2D eigenvalue weighted by Crippen LogP contribution is -2.47. The molecule has 1 aliphatic rings. The van der Waals surface area contributed by atoms with Gasteiger partial charge in [0.25, 0.3) is 0 Å². The van der Waals surface area contributed by atoms with Crippen molar-refractivity contribution < 1.29 is 18.4 Å². The van der Waals surface area contributed by atoms with E-state index >= 15 is 0 Å². The maximum Gasteiger partial charge on any atom is 0.317 e. The van der Waals surface area contributed by atoms with Crippen molar-refractivity contribution in [2.24, 2.45) is 0 Å². The molecule has 2 aromatic rings. The highest BCUT2D eigenvalue weighted by atomic mass is 19.1. The molecular formula is C19H24FN3O3. The van der Waals surface area contributed by atoms with E-state index < -0.39 is 0 Å². The Morgan fingerprint density at radius 2 is 2.12 bits per heavy atom. The number of hydrogen-bond acceptors (Lipinski definition) is 4.